The van der Waals surface area contributed by atoms with Crippen LogP contribution in [0.5, 0.6) is 0 Å². The van der Waals surface area contributed by atoms with Gasteiger partial charge in [0.05, 0.1) is 16.1 Å². The van der Waals surface area contributed by atoms with Crippen molar-refractivity contribution in [2.45, 2.75) is 37.5 Å². The normalized spacial score (nSPS) is 15.5. The van der Waals surface area contributed by atoms with E-state index in [1.165, 1.54) is 16.4 Å². The van der Waals surface area contributed by atoms with Crippen LogP contribution in [0.15, 0.2) is 47.4 Å². The number of carbonyl (C=O) groups excluding carboxylic acids is 2. The van der Waals surface area contributed by atoms with Crippen LogP contribution in [-0.4, -0.2) is 37.6 Å². The molecule has 1 aliphatic rings. The third-order valence-electron chi connectivity index (χ3n) is 5.07. The van der Waals surface area contributed by atoms with E-state index in [0.717, 1.165) is 25.7 Å². The lowest BCUT2D eigenvalue weighted by atomic mass is 10.1. The maximum absolute atomic E-state index is 13.2. The van der Waals surface area contributed by atoms with Crippen molar-refractivity contribution in [1.82, 2.24) is 4.31 Å². The molecular weight excluding hydrogens is 390 g/mol. The molecule has 0 aromatic heterocycles. The van der Waals surface area contributed by atoms with Crippen LogP contribution in [0.3, 0.4) is 0 Å². The number of hydrogen-bond acceptors (Lipinski definition) is 4. The second kappa shape index (κ2) is 8.75. The molecule has 1 fully saturated rings. The van der Waals surface area contributed by atoms with Gasteiger partial charge in [-0.2, -0.15) is 4.31 Å². The number of nitrogens with two attached hydrogens (primary N) is 1. The van der Waals surface area contributed by atoms with Gasteiger partial charge in [0.15, 0.2) is 0 Å². The summed E-state index contributed by atoms with van der Waals surface area (Å²) in [4.78, 5) is 24.4. The molecule has 2 amide bonds. The molecule has 3 N–H and O–H groups in total. The van der Waals surface area contributed by atoms with E-state index >= 15 is 0 Å². The van der Waals surface area contributed by atoms with Crippen molar-refractivity contribution in [1.29, 1.82) is 0 Å². The smallest absolute Gasteiger partial charge is 0.255 e. The number of benzene rings is 2. The first-order chi connectivity index (χ1) is 13.8. The summed E-state index contributed by atoms with van der Waals surface area (Å²) in [7, 11) is -3.69. The Kier molecular flexibility index (Phi) is 6.34. The second-order valence-electron chi connectivity index (χ2n) is 7.16. The molecule has 0 spiro atoms. The van der Waals surface area contributed by atoms with Gasteiger partial charge >= 0.3 is 0 Å². The highest BCUT2D eigenvalue weighted by Gasteiger charge is 2.27. The van der Waals surface area contributed by atoms with E-state index in [1.54, 1.807) is 37.3 Å². The molecule has 0 radical (unpaired) electrons. The summed E-state index contributed by atoms with van der Waals surface area (Å²) in [5.41, 5.74) is 6.60. The Morgan fingerprint density at radius 1 is 1.00 bits per heavy atom. The molecule has 0 bridgehead atoms. The highest BCUT2D eigenvalue weighted by atomic mass is 32.2. The molecular formula is C21H25N3O4S. The number of carbonyl (C=O) groups is 2. The van der Waals surface area contributed by atoms with E-state index in [4.69, 9.17) is 5.73 Å². The molecule has 3 rings (SSSR count). The van der Waals surface area contributed by atoms with Crippen LogP contribution in [0.25, 0.3) is 0 Å². The Morgan fingerprint density at radius 2 is 1.66 bits per heavy atom. The van der Waals surface area contributed by atoms with Gasteiger partial charge in [0.1, 0.15) is 0 Å². The Hall–Kier alpha value is -2.71. The van der Waals surface area contributed by atoms with Gasteiger partial charge in [0.25, 0.3) is 11.8 Å². The van der Waals surface area contributed by atoms with Crippen molar-refractivity contribution < 1.29 is 18.0 Å². The lowest BCUT2D eigenvalue weighted by Crippen LogP contribution is -2.32. The van der Waals surface area contributed by atoms with Crippen LogP contribution in [0.4, 0.5) is 5.69 Å². The third-order valence-corrected chi connectivity index (χ3v) is 7.11. The zero-order valence-electron chi connectivity index (χ0n) is 16.3. The van der Waals surface area contributed by atoms with E-state index < -0.39 is 21.8 Å². The number of para-hydroxylation sites is 1. The average molecular weight is 416 g/mol. The first-order valence-electron chi connectivity index (χ1n) is 9.61. The molecule has 1 aliphatic heterocycles. The molecule has 7 nitrogen and oxygen atoms in total. The van der Waals surface area contributed by atoms with Crippen molar-refractivity contribution in [2.75, 3.05) is 18.4 Å². The maximum atomic E-state index is 13.2. The molecule has 29 heavy (non-hydrogen) atoms. The third kappa shape index (κ3) is 4.65. The molecule has 0 unspecified atom stereocenters. The van der Waals surface area contributed by atoms with Gasteiger partial charge < -0.3 is 11.1 Å². The van der Waals surface area contributed by atoms with Crippen LogP contribution in [-0.2, 0) is 10.0 Å². The number of sulfonamides is 1. The topological polar surface area (TPSA) is 110 Å². The van der Waals surface area contributed by atoms with E-state index in [1.807, 2.05) is 0 Å². The number of primary amides is 1. The summed E-state index contributed by atoms with van der Waals surface area (Å²) in [5.74, 6) is -1.17. The lowest BCUT2D eigenvalue weighted by Gasteiger charge is -2.21. The number of hydrogen-bond donors (Lipinski definition) is 2. The first-order valence-corrected chi connectivity index (χ1v) is 11.1. The summed E-state index contributed by atoms with van der Waals surface area (Å²) in [5, 5.41) is 2.65. The minimum absolute atomic E-state index is 0.134. The van der Waals surface area contributed by atoms with E-state index in [-0.39, 0.29) is 21.7 Å². The summed E-state index contributed by atoms with van der Waals surface area (Å²) in [6.45, 7) is 2.70. The number of amides is 2. The monoisotopic (exact) mass is 415 g/mol. The number of nitrogens with zero attached hydrogens (tertiary/aromatic N) is 1. The Labute approximate surface area is 171 Å². The highest BCUT2D eigenvalue weighted by molar-refractivity contribution is 7.89. The highest BCUT2D eigenvalue weighted by Crippen LogP contribution is 2.25. The van der Waals surface area contributed by atoms with Gasteiger partial charge in [0.2, 0.25) is 10.0 Å². The molecule has 1 heterocycles. The second-order valence-corrected chi connectivity index (χ2v) is 9.07. The van der Waals surface area contributed by atoms with Crippen molar-refractivity contribution in [3.63, 3.8) is 0 Å². The van der Waals surface area contributed by atoms with E-state index in [2.05, 4.69) is 5.32 Å². The summed E-state index contributed by atoms with van der Waals surface area (Å²) < 4.78 is 27.8. The number of aryl methyl sites for hydroxylation is 1. The van der Waals surface area contributed by atoms with Crippen LogP contribution in [0.2, 0.25) is 0 Å². The fraction of sp³-hybridized carbons (Fsp3) is 0.333. The van der Waals surface area contributed by atoms with E-state index in [9.17, 15) is 18.0 Å². The Balaban J connectivity index is 1.91. The van der Waals surface area contributed by atoms with Crippen molar-refractivity contribution in [3.05, 3.63) is 59.2 Å². The summed E-state index contributed by atoms with van der Waals surface area (Å²) >= 11 is 0. The average Bonchev–Trinajstić information content (AvgIpc) is 2.98. The predicted molar refractivity (Wildman–Crippen MR) is 111 cm³/mol. The number of nitrogens with one attached hydrogen (secondary N) is 1. The van der Waals surface area contributed by atoms with Gasteiger partial charge in [-0.05, 0) is 49.6 Å². The molecule has 1 saturated heterocycles. The standard InChI is InChI=1S/C21H25N3O4S/c1-15-10-11-16(21(26)23-18-9-5-4-8-17(18)20(22)25)14-19(15)29(27,28)24-12-6-2-3-7-13-24/h4-5,8-11,14H,2-3,6-7,12-13H2,1H3,(H2,22,25)(H,23,26). The Bertz CT molecular complexity index is 1030. The number of rotatable bonds is 5. The largest absolute Gasteiger partial charge is 0.366 e. The SMILES string of the molecule is Cc1ccc(C(=O)Nc2ccccc2C(N)=O)cc1S(=O)(=O)N1CCCCCC1. The van der Waals surface area contributed by atoms with Crippen molar-refractivity contribution in [3.8, 4) is 0 Å². The van der Waals surface area contributed by atoms with Crippen molar-refractivity contribution >= 4 is 27.5 Å². The van der Waals surface area contributed by atoms with Crippen molar-refractivity contribution in [2.24, 2.45) is 5.73 Å². The molecule has 154 valence electrons. The fourth-order valence-corrected chi connectivity index (χ4v) is 5.21. The molecule has 2 aromatic rings. The van der Waals surface area contributed by atoms with Gasteiger partial charge in [0, 0.05) is 18.7 Å². The predicted octanol–water partition coefficient (Wildman–Crippen LogP) is 2.91. The first kappa shape index (κ1) is 21.0. The van der Waals surface area contributed by atoms with Crippen LogP contribution < -0.4 is 11.1 Å². The van der Waals surface area contributed by atoms with Crippen LogP contribution in [0.1, 0.15) is 52.0 Å². The minimum Gasteiger partial charge on any atom is -0.366 e. The van der Waals surface area contributed by atoms with E-state index in [0.29, 0.717) is 18.7 Å². The van der Waals surface area contributed by atoms with Crippen LogP contribution >= 0.6 is 0 Å². The fourth-order valence-electron chi connectivity index (χ4n) is 3.44. The molecule has 2 aromatic carbocycles. The quantitative estimate of drug-likeness (QED) is 0.782. The molecule has 0 aliphatic carbocycles. The van der Waals surface area contributed by atoms with Gasteiger partial charge in [-0.1, -0.05) is 31.0 Å². The minimum atomic E-state index is -3.69. The van der Waals surface area contributed by atoms with Crippen LogP contribution in [0, 0.1) is 6.92 Å². The maximum Gasteiger partial charge on any atom is 0.255 e. The molecule has 8 heteroatoms. The lowest BCUT2D eigenvalue weighted by molar-refractivity contribution is 0.100. The number of anilines is 1. The zero-order valence-corrected chi connectivity index (χ0v) is 17.2. The molecule has 0 saturated carbocycles. The van der Waals surface area contributed by atoms with Gasteiger partial charge in [-0.15, -0.1) is 0 Å². The van der Waals surface area contributed by atoms with Gasteiger partial charge in [-0.3, -0.25) is 9.59 Å². The molecule has 0 atom stereocenters. The van der Waals surface area contributed by atoms with Gasteiger partial charge in [-0.25, -0.2) is 8.42 Å². The zero-order chi connectivity index (χ0) is 21.0. The summed E-state index contributed by atoms with van der Waals surface area (Å²) in [6.07, 6.45) is 3.71. The summed E-state index contributed by atoms with van der Waals surface area (Å²) in [6, 6.07) is 11.0. The Morgan fingerprint density at radius 3 is 2.31 bits per heavy atom.